The lowest BCUT2D eigenvalue weighted by Gasteiger charge is -2.48. The van der Waals surface area contributed by atoms with E-state index in [-0.39, 0.29) is 30.2 Å². The number of carbonyl (C=O) groups excluding carboxylic acids is 2. The fourth-order valence-electron chi connectivity index (χ4n) is 8.46. The smallest absolute Gasteiger partial charge is 0.341 e. The first-order valence-corrected chi connectivity index (χ1v) is 16.3. The van der Waals surface area contributed by atoms with Gasteiger partial charge in [-0.15, -0.1) is 6.58 Å². The van der Waals surface area contributed by atoms with E-state index >= 15 is 0 Å². The summed E-state index contributed by atoms with van der Waals surface area (Å²) < 4.78 is 48.4. The summed E-state index contributed by atoms with van der Waals surface area (Å²) >= 11 is 0. The van der Waals surface area contributed by atoms with Crippen LogP contribution in [0.25, 0.3) is 0 Å². The summed E-state index contributed by atoms with van der Waals surface area (Å²) in [6, 6.07) is 8.85. The molecule has 1 saturated heterocycles. The number of hydrogen-bond acceptors (Lipinski definition) is 7. The Morgan fingerprint density at radius 3 is 2.27 bits per heavy atom. The van der Waals surface area contributed by atoms with Crippen molar-refractivity contribution in [3.05, 3.63) is 48.6 Å². The van der Waals surface area contributed by atoms with Crippen LogP contribution in [0.15, 0.2) is 43.0 Å². The van der Waals surface area contributed by atoms with E-state index in [4.69, 9.17) is 14.2 Å². The number of fused-ring (bicyclic) bond motifs is 3. The molecule has 8 nitrogen and oxygen atoms in total. The third-order valence-electron chi connectivity index (χ3n) is 10.3. The molecule has 0 N–H and O–H groups in total. The Bertz CT molecular complexity index is 1270. The molecular weight excluding hydrogens is 542 g/mol. The minimum absolute atomic E-state index is 0.110. The molecule has 2 saturated carbocycles. The number of carbonyl (C=O) groups is 2. The largest absolute Gasteiger partial charge is 0.469 e. The summed E-state index contributed by atoms with van der Waals surface area (Å²) in [4.78, 5) is 27.3. The predicted molar refractivity (Wildman–Crippen MR) is 157 cm³/mol. The molecule has 1 spiro atoms. The van der Waals surface area contributed by atoms with Crippen molar-refractivity contribution < 1.29 is 32.2 Å². The predicted octanol–water partition coefficient (Wildman–Crippen LogP) is 5.44. The van der Waals surface area contributed by atoms with Crippen molar-refractivity contribution in [2.45, 2.75) is 104 Å². The first kappa shape index (κ1) is 31.7. The van der Waals surface area contributed by atoms with Gasteiger partial charge < -0.3 is 14.2 Å². The molecule has 1 aromatic carbocycles. The molecule has 3 aliphatic rings. The van der Waals surface area contributed by atoms with Crippen LogP contribution in [0.4, 0.5) is 0 Å². The van der Waals surface area contributed by atoms with Crippen molar-refractivity contribution in [1.29, 1.82) is 0 Å². The number of allylic oxidation sites excluding steroid dienone is 1. The van der Waals surface area contributed by atoms with Crippen molar-refractivity contribution >= 4 is 22.0 Å². The van der Waals surface area contributed by atoms with Crippen LogP contribution in [0.2, 0.25) is 0 Å². The molecule has 2 bridgehead atoms. The van der Waals surface area contributed by atoms with Crippen LogP contribution in [0.1, 0.15) is 85.6 Å². The van der Waals surface area contributed by atoms with E-state index in [1.807, 2.05) is 58.0 Å². The molecule has 228 valence electrons. The summed E-state index contributed by atoms with van der Waals surface area (Å²) in [7, 11) is -2.45. The highest BCUT2D eigenvalue weighted by Gasteiger charge is 2.80. The Balaban J connectivity index is 1.86. The molecule has 0 aromatic heterocycles. The molecule has 0 radical (unpaired) electrons. The van der Waals surface area contributed by atoms with E-state index < -0.39 is 56.0 Å². The molecular formula is C32H47NO7S. The highest BCUT2D eigenvalue weighted by atomic mass is 32.2. The van der Waals surface area contributed by atoms with Gasteiger partial charge in [-0.1, -0.05) is 50.3 Å². The zero-order valence-corrected chi connectivity index (χ0v) is 26.6. The van der Waals surface area contributed by atoms with Gasteiger partial charge in [-0.3, -0.25) is 4.79 Å². The Morgan fingerprint density at radius 1 is 1.15 bits per heavy atom. The maximum Gasteiger partial charge on any atom is 0.341 e. The molecule has 41 heavy (non-hydrogen) atoms. The van der Waals surface area contributed by atoms with Crippen molar-refractivity contribution in [2.75, 3.05) is 12.9 Å². The third-order valence-corrected chi connectivity index (χ3v) is 12.6. The van der Waals surface area contributed by atoms with Crippen molar-refractivity contribution in [1.82, 2.24) is 4.31 Å². The Labute approximate surface area is 245 Å². The Hall–Kier alpha value is -2.23. The minimum atomic E-state index is -3.78. The number of sulfonamides is 1. The SMILES string of the molecule is C=CC[C@H](C(=O)OC)[C@@H](c1ccccc1)[C@@]1(C)O[C@@]2(CC3CC[C@]2(CS(=O)(=O)N(C(C)C)C(C)C)C3(C)C)OC1=O. The van der Waals surface area contributed by atoms with Gasteiger partial charge in [-0.05, 0) is 70.8 Å². The van der Waals surface area contributed by atoms with Gasteiger partial charge in [-0.25, -0.2) is 13.2 Å². The van der Waals surface area contributed by atoms with E-state index in [1.54, 1.807) is 17.3 Å². The van der Waals surface area contributed by atoms with Crippen LogP contribution in [0.5, 0.6) is 0 Å². The fraction of sp³-hybridized carbons (Fsp3) is 0.688. The number of benzene rings is 1. The first-order chi connectivity index (χ1) is 19.0. The molecule has 1 unspecified atom stereocenters. The van der Waals surface area contributed by atoms with Gasteiger partial charge in [0.1, 0.15) is 0 Å². The number of ether oxygens (including phenoxy) is 3. The molecule has 9 heteroatoms. The molecule has 1 heterocycles. The molecule has 1 aromatic rings. The van der Waals surface area contributed by atoms with Crippen molar-refractivity contribution in [3.8, 4) is 0 Å². The van der Waals surface area contributed by atoms with Gasteiger partial charge in [0.25, 0.3) is 0 Å². The highest BCUT2D eigenvalue weighted by molar-refractivity contribution is 7.89. The second-order valence-corrected chi connectivity index (χ2v) is 15.3. The highest BCUT2D eigenvalue weighted by Crippen LogP contribution is 2.74. The zero-order valence-electron chi connectivity index (χ0n) is 25.8. The van der Waals surface area contributed by atoms with Gasteiger partial charge in [0.05, 0.1) is 24.2 Å². The minimum Gasteiger partial charge on any atom is -0.469 e. The molecule has 0 amide bonds. The van der Waals surface area contributed by atoms with E-state index in [0.29, 0.717) is 12.8 Å². The summed E-state index contributed by atoms with van der Waals surface area (Å²) in [6.45, 7) is 17.2. The van der Waals surface area contributed by atoms with Crippen molar-refractivity contribution in [3.63, 3.8) is 0 Å². The lowest BCUT2D eigenvalue weighted by Crippen LogP contribution is -2.58. The zero-order chi connectivity index (χ0) is 30.6. The molecule has 2 aliphatic carbocycles. The third kappa shape index (κ3) is 4.76. The van der Waals surface area contributed by atoms with Crippen LogP contribution in [0, 0.1) is 22.7 Å². The molecule has 1 aliphatic heterocycles. The number of methoxy groups -OCH3 is 1. The lowest BCUT2D eigenvalue weighted by atomic mass is 9.68. The number of hydrogen-bond donors (Lipinski definition) is 0. The van der Waals surface area contributed by atoms with Gasteiger partial charge in [0, 0.05) is 24.4 Å². The number of rotatable bonds is 11. The second kappa shape index (κ2) is 10.8. The summed E-state index contributed by atoms with van der Waals surface area (Å²) in [5.41, 5.74) is -2.29. The van der Waals surface area contributed by atoms with E-state index in [1.165, 1.54) is 7.11 Å². The quantitative estimate of drug-likeness (QED) is 0.250. The Morgan fingerprint density at radius 2 is 1.76 bits per heavy atom. The average Bonchev–Trinajstić information content (AvgIpc) is 3.34. The van der Waals surface area contributed by atoms with E-state index in [9.17, 15) is 18.0 Å². The van der Waals surface area contributed by atoms with Crippen LogP contribution in [0.3, 0.4) is 0 Å². The van der Waals surface area contributed by atoms with Gasteiger partial charge in [0.15, 0.2) is 5.60 Å². The maximum absolute atomic E-state index is 14.2. The van der Waals surface area contributed by atoms with Crippen LogP contribution in [-0.2, 0) is 33.8 Å². The first-order valence-electron chi connectivity index (χ1n) is 14.7. The van der Waals surface area contributed by atoms with Crippen LogP contribution < -0.4 is 0 Å². The molecule has 6 atom stereocenters. The van der Waals surface area contributed by atoms with E-state index in [0.717, 1.165) is 12.0 Å². The van der Waals surface area contributed by atoms with Crippen molar-refractivity contribution in [2.24, 2.45) is 22.7 Å². The standard InChI is InChI=1S/C32H47NO7S/c1-10-14-25(27(34)38-9)26(23-15-12-11-13-16-23)30(8)28(35)39-32(40-30)19-24-17-18-31(32,29(24,6)7)20-41(36,37)33(21(2)3)22(4)5/h10-13,15-16,21-22,24-26H,1,14,17-20H2,2-9H3/t24?,25-,26+,30+,31-,32+/m0/s1. The van der Waals surface area contributed by atoms with E-state index in [2.05, 4.69) is 20.4 Å². The lowest BCUT2D eigenvalue weighted by molar-refractivity contribution is -0.257. The summed E-state index contributed by atoms with van der Waals surface area (Å²) in [6.07, 6.45) is 3.69. The van der Waals surface area contributed by atoms with Gasteiger partial charge in [-0.2, -0.15) is 4.31 Å². The maximum atomic E-state index is 14.2. The summed E-state index contributed by atoms with van der Waals surface area (Å²) in [5.74, 6) is -4.11. The summed E-state index contributed by atoms with van der Waals surface area (Å²) in [5, 5.41) is 0. The molecule has 3 fully saturated rings. The topological polar surface area (TPSA) is 99.2 Å². The molecule has 4 rings (SSSR count). The monoisotopic (exact) mass is 589 g/mol. The van der Waals surface area contributed by atoms with Crippen LogP contribution >= 0.6 is 0 Å². The number of nitrogens with zero attached hydrogens (tertiary/aromatic N) is 1. The van der Waals surface area contributed by atoms with Crippen LogP contribution in [-0.4, -0.2) is 61.0 Å². The fourth-order valence-corrected chi connectivity index (χ4v) is 11.3. The normalized spacial score (nSPS) is 32.1. The average molecular weight is 590 g/mol. The Kier molecular flexibility index (Phi) is 8.35. The second-order valence-electron chi connectivity index (χ2n) is 13.4. The number of esters is 2. The van der Waals surface area contributed by atoms with Gasteiger partial charge in [0.2, 0.25) is 15.8 Å². The van der Waals surface area contributed by atoms with Gasteiger partial charge >= 0.3 is 11.9 Å².